The molecule has 4 aromatic rings. The number of aliphatic hydroxyl groups excluding tert-OH is 1. The summed E-state index contributed by atoms with van der Waals surface area (Å²) in [5, 5.41) is 11.0. The molecule has 34 heavy (non-hydrogen) atoms. The third kappa shape index (κ3) is 3.56. The van der Waals surface area contributed by atoms with E-state index in [9.17, 15) is 5.11 Å². The lowest BCUT2D eigenvalue weighted by atomic mass is 10.1. The molecule has 2 aromatic heterocycles. The first-order valence-corrected chi connectivity index (χ1v) is 11.4. The normalized spacial score (nSPS) is 23.3. The SMILES string of the molecule is CC1(C)O[C@H]2[C@H](n3cc(-c4ccccc4)c4cnc(N(CO)c5ccccc5)nc43)OC[C@H]2O1. The van der Waals surface area contributed by atoms with Crippen molar-refractivity contribution >= 4 is 22.7 Å². The first kappa shape index (κ1) is 21.2. The molecule has 2 aromatic carbocycles. The Morgan fingerprint density at radius 1 is 1.06 bits per heavy atom. The third-order valence-corrected chi connectivity index (χ3v) is 6.30. The van der Waals surface area contributed by atoms with Gasteiger partial charge >= 0.3 is 0 Å². The summed E-state index contributed by atoms with van der Waals surface area (Å²) < 4.78 is 20.4. The number of nitrogens with zero attached hydrogens (tertiary/aromatic N) is 4. The zero-order valence-electron chi connectivity index (χ0n) is 19.0. The van der Waals surface area contributed by atoms with Crippen molar-refractivity contribution in [3.05, 3.63) is 73.1 Å². The van der Waals surface area contributed by atoms with Gasteiger partial charge in [-0.3, -0.25) is 4.90 Å². The van der Waals surface area contributed by atoms with Gasteiger partial charge in [-0.05, 0) is 31.5 Å². The van der Waals surface area contributed by atoms with Gasteiger partial charge in [0.1, 0.15) is 24.6 Å². The fraction of sp³-hybridized carbons (Fsp3) is 0.308. The number of rotatable bonds is 5. The molecule has 0 aliphatic carbocycles. The second-order valence-corrected chi connectivity index (χ2v) is 8.99. The van der Waals surface area contributed by atoms with E-state index in [4.69, 9.17) is 19.2 Å². The summed E-state index contributed by atoms with van der Waals surface area (Å²) in [5.41, 5.74) is 3.57. The molecule has 2 aliphatic heterocycles. The largest absolute Gasteiger partial charge is 0.376 e. The van der Waals surface area contributed by atoms with Crippen LogP contribution in [0.25, 0.3) is 22.2 Å². The summed E-state index contributed by atoms with van der Waals surface area (Å²) in [4.78, 5) is 11.2. The van der Waals surface area contributed by atoms with E-state index >= 15 is 0 Å². The zero-order valence-corrected chi connectivity index (χ0v) is 19.0. The standard InChI is InChI=1S/C26H26N4O4/c1-26(2)33-21-15-32-24(22(21)34-26)29-14-20(17-9-5-3-6-10-17)19-13-27-25(28-23(19)29)30(16-31)18-11-7-4-8-12-18/h3-14,21-22,24,31H,15-16H2,1-2H3/t21-,22-,24-/m1/s1. The molecule has 0 radical (unpaired) electrons. The van der Waals surface area contributed by atoms with Crippen molar-refractivity contribution in [1.29, 1.82) is 0 Å². The number of aliphatic hydroxyl groups is 1. The second-order valence-electron chi connectivity index (χ2n) is 8.99. The number of fused-ring (bicyclic) bond motifs is 2. The zero-order chi connectivity index (χ0) is 23.3. The summed E-state index contributed by atoms with van der Waals surface area (Å²) in [7, 11) is 0. The predicted octanol–water partition coefficient (Wildman–Crippen LogP) is 4.24. The van der Waals surface area contributed by atoms with Crippen molar-refractivity contribution in [2.24, 2.45) is 0 Å². The van der Waals surface area contributed by atoms with E-state index in [1.54, 1.807) is 4.90 Å². The summed E-state index contributed by atoms with van der Waals surface area (Å²) in [5.74, 6) is -0.261. The van der Waals surface area contributed by atoms with Crippen LogP contribution in [0.15, 0.2) is 73.1 Å². The van der Waals surface area contributed by atoms with E-state index in [1.807, 2.05) is 79.3 Å². The van der Waals surface area contributed by atoms with Crippen molar-refractivity contribution in [3.63, 3.8) is 0 Å². The lowest BCUT2D eigenvalue weighted by Crippen LogP contribution is -2.28. The molecule has 0 saturated carbocycles. The van der Waals surface area contributed by atoms with Crippen molar-refractivity contribution < 1.29 is 19.3 Å². The predicted molar refractivity (Wildman–Crippen MR) is 127 cm³/mol. The number of ether oxygens (including phenoxy) is 3. The van der Waals surface area contributed by atoms with Crippen molar-refractivity contribution in [2.75, 3.05) is 18.2 Å². The van der Waals surface area contributed by atoms with Crippen LogP contribution in [0.1, 0.15) is 20.1 Å². The van der Waals surface area contributed by atoms with Crippen LogP contribution in [0.3, 0.4) is 0 Å². The number of hydrogen-bond acceptors (Lipinski definition) is 7. The van der Waals surface area contributed by atoms with Gasteiger partial charge in [0.2, 0.25) is 5.95 Å². The minimum absolute atomic E-state index is 0.141. The minimum atomic E-state index is -0.663. The molecular weight excluding hydrogens is 432 g/mol. The molecule has 2 fully saturated rings. The smallest absolute Gasteiger partial charge is 0.233 e. The fourth-order valence-electron chi connectivity index (χ4n) is 4.82. The molecule has 0 unspecified atom stereocenters. The average molecular weight is 459 g/mol. The highest BCUT2D eigenvalue weighted by atomic mass is 16.8. The molecule has 0 bridgehead atoms. The molecule has 8 heteroatoms. The van der Waals surface area contributed by atoms with Crippen LogP contribution in [0.4, 0.5) is 11.6 Å². The van der Waals surface area contributed by atoms with Gasteiger partial charge in [0, 0.05) is 29.0 Å². The minimum Gasteiger partial charge on any atom is -0.376 e. The van der Waals surface area contributed by atoms with Gasteiger partial charge in [-0.2, -0.15) is 4.98 Å². The van der Waals surface area contributed by atoms with Gasteiger partial charge in [0.15, 0.2) is 12.0 Å². The topological polar surface area (TPSA) is 81.9 Å². The Morgan fingerprint density at radius 2 is 1.79 bits per heavy atom. The van der Waals surface area contributed by atoms with Crippen molar-refractivity contribution in [3.8, 4) is 11.1 Å². The van der Waals surface area contributed by atoms with E-state index < -0.39 is 12.0 Å². The fourth-order valence-corrected chi connectivity index (χ4v) is 4.82. The van der Waals surface area contributed by atoms with Crippen LogP contribution in [-0.4, -0.2) is 51.0 Å². The van der Waals surface area contributed by atoms with Gasteiger partial charge in [-0.1, -0.05) is 48.5 Å². The summed E-state index contributed by atoms with van der Waals surface area (Å²) >= 11 is 0. The lowest BCUT2D eigenvalue weighted by Gasteiger charge is -2.23. The number of benzene rings is 2. The molecule has 8 nitrogen and oxygen atoms in total. The molecule has 1 N–H and O–H groups in total. The van der Waals surface area contributed by atoms with Crippen LogP contribution in [0.2, 0.25) is 0 Å². The Labute approximate surface area is 197 Å². The molecule has 2 saturated heterocycles. The van der Waals surface area contributed by atoms with Crippen LogP contribution in [-0.2, 0) is 14.2 Å². The highest BCUT2D eigenvalue weighted by Crippen LogP contribution is 2.42. The maximum Gasteiger partial charge on any atom is 0.233 e. The van der Waals surface area contributed by atoms with Gasteiger partial charge in [0.05, 0.1) is 6.61 Å². The number of hydrogen-bond donors (Lipinski definition) is 1. The highest BCUT2D eigenvalue weighted by molar-refractivity contribution is 5.94. The Bertz CT molecular complexity index is 1310. The number of anilines is 2. The van der Waals surface area contributed by atoms with E-state index in [2.05, 4.69) is 17.1 Å². The summed E-state index contributed by atoms with van der Waals surface area (Å²) in [6.45, 7) is 4.04. The molecule has 0 spiro atoms. The highest BCUT2D eigenvalue weighted by Gasteiger charge is 2.51. The van der Waals surface area contributed by atoms with Crippen LogP contribution >= 0.6 is 0 Å². The van der Waals surface area contributed by atoms with Gasteiger partial charge in [-0.15, -0.1) is 0 Å². The molecule has 6 rings (SSSR count). The lowest BCUT2D eigenvalue weighted by molar-refractivity contribution is -0.183. The van der Waals surface area contributed by atoms with E-state index in [0.29, 0.717) is 18.2 Å². The first-order chi connectivity index (χ1) is 16.5. The Morgan fingerprint density at radius 3 is 2.53 bits per heavy atom. The van der Waals surface area contributed by atoms with Crippen LogP contribution in [0.5, 0.6) is 0 Å². The Hall–Kier alpha value is -3.30. The third-order valence-electron chi connectivity index (χ3n) is 6.30. The molecule has 174 valence electrons. The summed E-state index contributed by atoms with van der Waals surface area (Å²) in [6.07, 6.45) is 3.07. The molecule has 4 heterocycles. The molecule has 2 aliphatic rings. The average Bonchev–Trinajstić information content (AvgIpc) is 3.50. The Balaban J connectivity index is 1.50. The first-order valence-electron chi connectivity index (χ1n) is 11.4. The molecule has 0 amide bonds. The second kappa shape index (κ2) is 8.18. The Kier molecular flexibility index (Phi) is 5.11. The number of aromatic nitrogens is 3. The monoisotopic (exact) mass is 458 g/mol. The van der Waals surface area contributed by atoms with E-state index in [1.165, 1.54) is 0 Å². The van der Waals surface area contributed by atoms with Crippen LogP contribution in [0, 0.1) is 0 Å². The molecular formula is C26H26N4O4. The van der Waals surface area contributed by atoms with Crippen molar-refractivity contribution in [1.82, 2.24) is 14.5 Å². The number of para-hydroxylation sites is 1. The maximum atomic E-state index is 10.1. The molecule has 3 atom stereocenters. The van der Waals surface area contributed by atoms with Gasteiger partial charge in [0.25, 0.3) is 0 Å². The van der Waals surface area contributed by atoms with Crippen LogP contribution < -0.4 is 4.90 Å². The quantitative estimate of drug-likeness (QED) is 0.448. The van der Waals surface area contributed by atoms with Gasteiger partial charge in [-0.25, -0.2) is 4.98 Å². The van der Waals surface area contributed by atoms with E-state index in [-0.39, 0.29) is 18.9 Å². The van der Waals surface area contributed by atoms with Crippen molar-refractivity contribution in [2.45, 2.75) is 38.1 Å². The maximum absolute atomic E-state index is 10.1. The summed E-state index contributed by atoms with van der Waals surface area (Å²) in [6, 6.07) is 19.7. The van der Waals surface area contributed by atoms with Gasteiger partial charge < -0.3 is 23.9 Å². The van der Waals surface area contributed by atoms with E-state index in [0.717, 1.165) is 22.2 Å².